The molecule has 0 amide bonds. The lowest BCUT2D eigenvalue weighted by atomic mass is 10.1. The van der Waals surface area contributed by atoms with Crippen LogP contribution in [0.4, 0.5) is 15.8 Å². The fourth-order valence-electron chi connectivity index (χ4n) is 2.09. The van der Waals surface area contributed by atoms with Gasteiger partial charge in [0.2, 0.25) is 0 Å². The zero-order chi connectivity index (χ0) is 13.1. The number of nitrogens with zero attached hydrogens (tertiary/aromatic N) is 3. The van der Waals surface area contributed by atoms with E-state index < -0.39 is 11.1 Å². The van der Waals surface area contributed by atoms with Crippen molar-refractivity contribution in [2.24, 2.45) is 0 Å². The summed E-state index contributed by atoms with van der Waals surface area (Å²) in [6.07, 6.45) is -0.0959. The molecule has 0 saturated carbocycles. The maximum absolute atomic E-state index is 13.1. The van der Waals surface area contributed by atoms with E-state index in [9.17, 15) is 14.5 Å². The average Bonchev–Trinajstić information content (AvgIpc) is 2.38. The number of benzene rings is 1. The second kappa shape index (κ2) is 5.00. The molecule has 0 unspecified atom stereocenters. The highest BCUT2D eigenvalue weighted by atomic mass is 19.1. The maximum atomic E-state index is 13.1. The molecule has 0 bridgehead atoms. The van der Waals surface area contributed by atoms with E-state index in [1.165, 1.54) is 18.2 Å². The number of nitro benzene ring substituents is 1. The molecule has 2 rings (SSSR count). The normalized spacial score (nSPS) is 16.3. The summed E-state index contributed by atoms with van der Waals surface area (Å²) in [5, 5.41) is 19.8. The lowest BCUT2D eigenvalue weighted by Crippen LogP contribution is -2.34. The largest absolute Gasteiger partial charge is 0.366 e. The number of anilines is 1. The van der Waals surface area contributed by atoms with Gasteiger partial charge >= 0.3 is 0 Å². The van der Waals surface area contributed by atoms with Gasteiger partial charge in [-0.25, -0.2) is 4.39 Å². The highest BCUT2D eigenvalue weighted by molar-refractivity contribution is 5.66. The summed E-state index contributed by atoms with van der Waals surface area (Å²) in [7, 11) is 0. The van der Waals surface area contributed by atoms with Crippen molar-refractivity contribution in [2.45, 2.75) is 19.0 Å². The van der Waals surface area contributed by atoms with Crippen molar-refractivity contribution in [3.05, 3.63) is 33.9 Å². The van der Waals surface area contributed by atoms with E-state index in [0.717, 1.165) is 0 Å². The lowest BCUT2D eigenvalue weighted by Gasteiger charge is -2.30. The van der Waals surface area contributed by atoms with E-state index in [1.54, 1.807) is 4.90 Å². The average molecular weight is 249 g/mol. The molecule has 1 fully saturated rings. The zero-order valence-electron chi connectivity index (χ0n) is 9.67. The summed E-state index contributed by atoms with van der Waals surface area (Å²) in [4.78, 5) is 12.2. The predicted molar refractivity (Wildman–Crippen MR) is 64.2 cm³/mol. The molecule has 1 aliphatic heterocycles. The van der Waals surface area contributed by atoms with Gasteiger partial charge in [-0.2, -0.15) is 5.26 Å². The summed E-state index contributed by atoms with van der Waals surface area (Å²) in [5.41, 5.74) is 0.746. The van der Waals surface area contributed by atoms with E-state index in [2.05, 4.69) is 0 Å². The van der Waals surface area contributed by atoms with E-state index in [-0.39, 0.29) is 5.69 Å². The number of rotatable bonds is 2. The fourth-order valence-corrected chi connectivity index (χ4v) is 2.09. The van der Waals surface area contributed by atoms with Gasteiger partial charge in [-0.05, 0) is 25.0 Å². The SMILES string of the molecule is N#Cc1ccc([N+](=O)[O-])c(N2CCC(F)CC2)c1. The highest BCUT2D eigenvalue weighted by Crippen LogP contribution is 2.31. The minimum absolute atomic E-state index is 0.0358. The van der Waals surface area contributed by atoms with E-state index in [1.807, 2.05) is 6.07 Å². The number of alkyl halides is 1. The zero-order valence-corrected chi connectivity index (χ0v) is 9.67. The van der Waals surface area contributed by atoms with Crippen LogP contribution in [0.2, 0.25) is 0 Å². The number of nitriles is 1. The third-order valence-electron chi connectivity index (χ3n) is 3.07. The topological polar surface area (TPSA) is 70.2 Å². The Morgan fingerprint density at radius 1 is 1.44 bits per heavy atom. The van der Waals surface area contributed by atoms with Gasteiger partial charge in [0.25, 0.3) is 5.69 Å². The highest BCUT2D eigenvalue weighted by Gasteiger charge is 2.24. The van der Waals surface area contributed by atoms with Crippen molar-refractivity contribution < 1.29 is 9.31 Å². The van der Waals surface area contributed by atoms with Crippen LogP contribution >= 0.6 is 0 Å². The Morgan fingerprint density at radius 3 is 2.67 bits per heavy atom. The number of piperidine rings is 1. The molecule has 0 radical (unpaired) electrons. The molecule has 1 saturated heterocycles. The quantitative estimate of drug-likeness (QED) is 0.596. The third-order valence-corrected chi connectivity index (χ3v) is 3.07. The van der Waals surface area contributed by atoms with E-state index in [4.69, 9.17) is 5.26 Å². The molecular formula is C12H12FN3O2. The Kier molecular flexibility index (Phi) is 3.42. The molecule has 5 nitrogen and oxygen atoms in total. The summed E-state index contributed by atoms with van der Waals surface area (Å²) < 4.78 is 13.1. The molecule has 0 atom stereocenters. The second-order valence-electron chi connectivity index (χ2n) is 4.23. The maximum Gasteiger partial charge on any atom is 0.292 e. The first-order chi connectivity index (χ1) is 8.61. The molecule has 0 aromatic heterocycles. The van der Waals surface area contributed by atoms with Crippen molar-refractivity contribution in [2.75, 3.05) is 18.0 Å². The van der Waals surface area contributed by atoms with Gasteiger partial charge in [-0.1, -0.05) is 0 Å². The monoisotopic (exact) mass is 249 g/mol. The lowest BCUT2D eigenvalue weighted by molar-refractivity contribution is -0.384. The van der Waals surface area contributed by atoms with Crippen molar-refractivity contribution in [3.63, 3.8) is 0 Å². The van der Waals surface area contributed by atoms with Crippen LogP contribution < -0.4 is 4.90 Å². The van der Waals surface area contributed by atoms with Crippen molar-refractivity contribution in [3.8, 4) is 6.07 Å². The number of hydrogen-bond acceptors (Lipinski definition) is 4. The molecule has 1 aliphatic rings. The van der Waals surface area contributed by atoms with Gasteiger partial charge in [0, 0.05) is 19.2 Å². The standard InChI is InChI=1S/C12H12FN3O2/c13-10-3-5-15(6-4-10)12-7-9(8-14)1-2-11(12)16(17)18/h1-2,7,10H,3-6H2. The van der Waals surface area contributed by atoms with Gasteiger partial charge in [0.1, 0.15) is 11.9 Å². The van der Waals surface area contributed by atoms with Gasteiger partial charge in [0.05, 0.1) is 16.6 Å². The molecule has 18 heavy (non-hydrogen) atoms. The number of nitro groups is 1. The molecule has 1 heterocycles. The van der Waals surface area contributed by atoms with Gasteiger partial charge in [-0.15, -0.1) is 0 Å². The molecule has 6 heteroatoms. The number of hydrogen-bond donors (Lipinski definition) is 0. The Bertz CT molecular complexity index is 505. The second-order valence-corrected chi connectivity index (χ2v) is 4.23. The van der Waals surface area contributed by atoms with Crippen LogP contribution in [0, 0.1) is 21.4 Å². The molecule has 0 aliphatic carbocycles. The van der Waals surface area contributed by atoms with Crippen LogP contribution in [0.3, 0.4) is 0 Å². The van der Waals surface area contributed by atoms with Crippen LogP contribution in [0.15, 0.2) is 18.2 Å². The molecule has 94 valence electrons. The van der Waals surface area contributed by atoms with Crippen molar-refractivity contribution >= 4 is 11.4 Å². The first kappa shape index (κ1) is 12.3. The van der Waals surface area contributed by atoms with Gasteiger partial charge in [-0.3, -0.25) is 10.1 Å². The van der Waals surface area contributed by atoms with Crippen molar-refractivity contribution in [1.29, 1.82) is 5.26 Å². The number of halogens is 1. The summed E-state index contributed by atoms with van der Waals surface area (Å²) >= 11 is 0. The first-order valence-electron chi connectivity index (χ1n) is 5.69. The van der Waals surface area contributed by atoms with Crippen LogP contribution in [0.1, 0.15) is 18.4 Å². The molecule has 1 aromatic carbocycles. The molecule has 0 N–H and O–H groups in total. The first-order valence-corrected chi connectivity index (χ1v) is 5.69. The summed E-state index contributed by atoms with van der Waals surface area (Å²) in [5.74, 6) is 0. The van der Waals surface area contributed by atoms with Crippen LogP contribution in [-0.2, 0) is 0 Å². The fraction of sp³-hybridized carbons (Fsp3) is 0.417. The minimum atomic E-state index is -0.834. The molecular weight excluding hydrogens is 237 g/mol. The third kappa shape index (κ3) is 2.40. The van der Waals surface area contributed by atoms with Crippen LogP contribution in [0.5, 0.6) is 0 Å². The Labute approximate surface area is 104 Å². The predicted octanol–water partition coefficient (Wildman–Crippen LogP) is 2.40. The van der Waals surface area contributed by atoms with Crippen LogP contribution in [0.25, 0.3) is 0 Å². The Balaban J connectivity index is 2.35. The molecule has 1 aromatic rings. The van der Waals surface area contributed by atoms with Crippen molar-refractivity contribution in [1.82, 2.24) is 0 Å². The van der Waals surface area contributed by atoms with Gasteiger partial charge < -0.3 is 4.90 Å². The Hall–Kier alpha value is -2.16. The Morgan fingerprint density at radius 2 is 2.11 bits per heavy atom. The van der Waals surface area contributed by atoms with E-state index in [0.29, 0.717) is 37.2 Å². The van der Waals surface area contributed by atoms with E-state index >= 15 is 0 Å². The summed E-state index contributed by atoms with van der Waals surface area (Å²) in [6, 6.07) is 6.20. The molecule has 0 spiro atoms. The van der Waals surface area contributed by atoms with Crippen LogP contribution in [-0.4, -0.2) is 24.2 Å². The minimum Gasteiger partial charge on any atom is -0.366 e. The smallest absolute Gasteiger partial charge is 0.292 e. The van der Waals surface area contributed by atoms with Gasteiger partial charge in [0.15, 0.2) is 0 Å². The summed E-state index contributed by atoms with van der Waals surface area (Å²) in [6.45, 7) is 0.883.